The van der Waals surface area contributed by atoms with Crippen molar-refractivity contribution in [1.82, 2.24) is 14.7 Å². The van der Waals surface area contributed by atoms with E-state index in [-0.39, 0.29) is 24.6 Å². The summed E-state index contributed by atoms with van der Waals surface area (Å²) in [4.78, 5) is 53.2. The van der Waals surface area contributed by atoms with E-state index in [0.29, 0.717) is 36.2 Å². The third kappa shape index (κ3) is 3.87. The van der Waals surface area contributed by atoms with Crippen molar-refractivity contribution in [3.05, 3.63) is 46.5 Å². The maximum atomic E-state index is 12.5. The molecule has 1 saturated heterocycles. The van der Waals surface area contributed by atoms with Crippen LogP contribution in [0, 0.1) is 0 Å². The topological polar surface area (TPSA) is 87.2 Å². The van der Waals surface area contributed by atoms with Gasteiger partial charge >= 0.3 is 6.09 Å². The normalized spacial score (nSPS) is 16.4. The molecule has 0 aliphatic carbocycles. The Hall–Kier alpha value is -2.68. The average molecular weight is 436 g/mol. The number of carbonyl (C=O) groups is 4. The molecule has 9 heteroatoms. The number of hydrogen-bond donors (Lipinski definition) is 0. The number of fused-ring (bicyclic) bond motifs is 1. The molecule has 1 fully saturated rings. The van der Waals surface area contributed by atoms with E-state index in [1.165, 1.54) is 15.9 Å². The molecule has 0 radical (unpaired) electrons. The quantitative estimate of drug-likeness (QED) is 0.528. The minimum atomic E-state index is -0.476. The largest absolute Gasteiger partial charge is 0.445 e. The lowest BCUT2D eigenvalue weighted by atomic mass is 10.1. The van der Waals surface area contributed by atoms with Crippen LogP contribution in [0.25, 0.3) is 0 Å². The van der Waals surface area contributed by atoms with E-state index < -0.39 is 17.9 Å². The van der Waals surface area contributed by atoms with Crippen LogP contribution >= 0.6 is 15.9 Å². The number of amides is 4. The predicted octanol–water partition coefficient (Wildman–Crippen LogP) is 1.51. The number of rotatable bonds is 4. The number of carbonyl (C=O) groups excluding carboxylic acids is 4. The Labute approximate surface area is 164 Å². The highest BCUT2D eigenvalue weighted by Crippen LogP contribution is 2.26. The van der Waals surface area contributed by atoms with Crippen LogP contribution in [0.3, 0.4) is 0 Å². The Bertz CT molecular complexity index is 817. The molecule has 3 rings (SSSR count). The summed E-state index contributed by atoms with van der Waals surface area (Å²) in [6.07, 6.45) is 1.03. The van der Waals surface area contributed by atoms with Crippen LogP contribution < -0.4 is 0 Å². The van der Waals surface area contributed by atoms with Gasteiger partial charge in [0.1, 0.15) is 13.2 Å². The van der Waals surface area contributed by atoms with Crippen molar-refractivity contribution in [2.75, 3.05) is 39.3 Å². The molecule has 0 atom stereocenters. The second-order valence-electron chi connectivity index (χ2n) is 6.12. The lowest BCUT2D eigenvalue weighted by Gasteiger charge is -2.34. The highest BCUT2D eigenvalue weighted by molar-refractivity contribution is 9.10. The van der Waals surface area contributed by atoms with Gasteiger partial charge in [-0.25, -0.2) is 4.79 Å². The van der Waals surface area contributed by atoms with Crippen LogP contribution in [0.5, 0.6) is 0 Å². The summed E-state index contributed by atoms with van der Waals surface area (Å²) in [7, 11) is 0. The maximum absolute atomic E-state index is 12.5. The predicted molar refractivity (Wildman–Crippen MR) is 99.2 cm³/mol. The Morgan fingerprint density at radius 2 is 1.70 bits per heavy atom. The smallest absolute Gasteiger partial charge is 0.410 e. The summed E-state index contributed by atoms with van der Waals surface area (Å²) in [5.41, 5.74) is 0.586. The molecule has 8 nitrogen and oxygen atoms in total. The van der Waals surface area contributed by atoms with E-state index in [1.807, 2.05) is 0 Å². The van der Waals surface area contributed by atoms with Gasteiger partial charge in [-0.15, -0.1) is 0 Å². The Kier molecular flexibility index (Phi) is 5.59. The first-order valence-corrected chi connectivity index (χ1v) is 9.17. The number of ether oxygens (including phenoxy) is 1. The molecule has 0 spiro atoms. The van der Waals surface area contributed by atoms with Crippen LogP contribution in [0.2, 0.25) is 0 Å². The molecule has 0 bridgehead atoms. The van der Waals surface area contributed by atoms with E-state index in [2.05, 4.69) is 22.5 Å². The molecule has 0 N–H and O–H groups in total. The minimum Gasteiger partial charge on any atom is -0.445 e. The van der Waals surface area contributed by atoms with Crippen LogP contribution in [-0.4, -0.2) is 77.8 Å². The SMILES string of the molecule is C=CCOC(=O)N1CCN(C(=O)CN2C(=O)c3ccc(Br)cc3C2=O)CC1. The summed E-state index contributed by atoms with van der Waals surface area (Å²) < 4.78 is 5.66. The summed E-state index contributed by atoms with van der Waals surface area (Å²) >= 11 is 3.27. The van der Waals surface area contributed by atoms with Gasteiger partial charge in [0.05, 0.1) is 11.1 Å². The van der Waals surface area contributed by atoms with Crippen LogP contribution in [-0.2, 0) is 9.53 Å². The Balaban J connectivity index is 1.58. The fraction of sp³-hybridized carbons (Fsp3) is 0.333. The van der Waals surface area contributed by atoms with Crippen molar-refractivity contribution in [3.63, 3.8) is 0 Å². The molecule has 2 aliphatic rings. The van der Waals surface area contributed by atoms with E-state index in [1.54, 1.807) is 18.2 Å². The molecule has 4 amide bonds. The lowest BCUT2D eigenvalue weighted by Crippen LogP contribution is -2.53. The average Bonchev–Trinajstić information content (AvgIpc) is 2.90. The van der Waals surface area contributed by atoms with Gasteiger partial charge in [0.2, 0.25) is 5.91 Å². The Morgan fingerprint density at radius 3 is 2.37 bits per heavy atom. The summed E-state index contributed by atoms with van der Waals surface area (Å²) in [6.45, 7) is 4.59. The third-order valence-electron chi connectivity index (χ3n) is 4.44. The van der Waals surface area contributed by atoms with E-state index in [9.17, 15) is 19.2 Å². The first kappa shape index (κ1) is 19.1. The van der Waals surface area contributed by atoms with Gasteiger partial charge in [0.15, 0.2) is 0 Å². The Morgan fingerprint density at radius 1 is 1.07 bits per heavy atom. The molecule has 27 heavy (non-hydrogen) atoms. The van der Waals surface area contributed by atoms with E-state index >= 15 is 0 Å². The standard InChI is InChI=1S/C18H18BrN3O5/c1-2-9-27-18(26)21-7-5-20(6-8-21)15(23)11-22-16(24)13-4-3-12(19)10-14(13)17(22)25/h2-4,10H,1,5-9,11H2. The molecule has 0 unspecified atom stereocenters. The van der Waals surface area contributed by atoms with Crippen LogP contribution in [0.1, 0.15) is 20.7 Å². The van der Waals surface area contributed by atoms with E-state index in [4.69, 9.17) is 4.74 Å². The van der Waals surface area contributed by atoms with Crippen molar-refractivity contribution in [1.29, 1.82) is 0 Å². The van der Waals surface area contributed by atoms with Crippen molar-refractivity contribution in [2.24, 2.45) is 0 Å². The second kappa shape index (κ2) is 7.91. The number of hydrogen-bond acceptors (Lipinski definition) is 5. The van der Waals surface area contributed by atoms with Crippen molar-refractivity contribution in [3.8, 4) is 0 Å². The molecule has 1 aromatic rings. The summed E-state index contributed by atoms with van der Waals surface area (Å²) in [5.74, 6) is -1.28. The molecule has 0 aromatic heterocycles. The summed E-state index contributed by atoms with van der Waals surface area (Å²) in [5, 5.41) is 0. The zero-order valence-corrected chi connectivity index (χ0v) is 16.1. The number of imide groups is 1. The highest BCUT2D eigenvalue weighted by Gasteiger charge is 2.38. The van der Waals surface area contributed by atoms with Crippen LogP contribution in [0.4, 0.5) is 4.79 Å². The lowest BCUT2D eigenvalue weighted by molar-refractivity contribution is -0.133. The number of benzene rings is 1. The monoisotopic (exact) mass is 435 g/mol. The minimum absolute atomic E-state index is 0.133. The zero-order chi connectivity index (χ0) is 19.6. The first-order chi connectivity index (χ1) is 12.9. The van der Waals surface area contributed by atoms with Crippen molar-refractivity contribution < 1.29 is 23.9 Å². The molecule has 142 valence electrons. The molecule has 2 aliphatic heterocycles. The zero-order valence-electron chi connectivity index (χ0n) is 14.5. The number of nitrogens with zero attached hydrogens (tertiary/aromatic N) is 3. The highest BCUT2D eigenvalue weighted by atomic mass is 79.9. The van der Waals surface area contributed by atoms with Crippen molar-refractivity contribution in [2.45, 2.75) is 0 Å². The van der Waals surface area contributed by atoms with Crippen LogP contribution in [0.15, 0.2) is 35.3 Å². The summed E-state index contributed by atoms with van der Waals surface area (Å²) in [6, 6.07) is 4.82. The van der Waals surface area contributed by atoms with Gasteiger partial charge in [0, 0.05) is 30.7 Å². The second-order valence-corrected chi connectivity index (χ2v) is 7.04. The van der Waals surface area contributed by atoms with Gasteiger partial charge in [-0.05, 0) is 18.2 Å². The van der Waals surface area contributed by atoms with Gasteiger partial charge in [-0.3, -0.25) is 19.3 Å². The van der Waals surface area contributed by atoms with Gasteiger partial charge in [-0.2, -0.15) is 0 Å². The van der Waals surface area contributed by atoms with E-state index in [0.717, 1.165) is 4.90 Å². The third-order valence-corrected chi connectivity index (χ3v) is 4.93. The number of piperazine rings is 1. The molecular formula is C18H18BrN3O5. The molecular weight excluding hydrogens is 418 g/mol. The molecule has 1 aromatic carbocycles. The van der Waals surface area contributed by atoms with Crippen molar-refractivity contribution >= 4 is 39.7 Å². The fourth-order valence-electron chi connectivity index (χ4n) is 3.00. The number of halogens is 1. The van der Waals surface area contributed by atoms with Gasteiger partial charge in [-0.1, -0.05) is 28.6 Å². The van der Waals surface area contributed by atoms with Gasteiger partial charge < -0.3 is 14.5 Å². The fourth-order valence-corrected chi connectivity index (χ4v) is 3.36. The van der Waals surface area contributed by atoms with Gasteiger partial charge in [0.25, 0.3) is 11.8 Å². The maximum Gasteiger partial charge on any atom is 0.410 e. The first-order valence-electron chi connectivity index (χ1n) is 8.38. The molecule has 0 saturated carbocycles. The molecule has 2 heterocycles.